The minimum atomic E-state index is -0.719. The number of hydrogen-bond donors (Lipinski definition) is 1. The lowest BCUT2D eigenvalue weighted by Gasteiger charge is -2.25. The van der Waals surface area contributed by atoms with Gasteiger partial charge in [0, 0.05) is 25.5 Å². The molecule has 24 heavy (non-hydrogen) atoms. The standard InChI is InChI=1S/C18H21FN2O3/c1-11(2)3-6-17-20-15-10-21(8-7-16(15)24-17)18(23)13-5-4-12(22)9-14(13)19/h4-5,9,11,22H,3,6-8,10H2,1-2H3. The number of fused-ring (bicyclic) bond motifs is 1. The molecule has 0 bridgehead atoms. The van der Waals surface area contributed by atoms with Gasteiger partial charge in [0.05, 0.1) is 12.1 Å². The van der Waals surface area contributed by atoms with E-state index in [1.54, 1.807) is 4.90 Å². The molecule has 5 nitrogen and oxygen atoms in total. The number of aromatic nitrogens is 1. The lowest BCUT2D eigenvalue weighted by atomic mass is 10.1. The second-order valence-corrected chi connectivity index (χ2v) is 6.55. The molecular weight excluding hydrogens is 311 g/mol. The summed E-state index contributed by atoms with van der Waals surface area (Å²) in [6, 6.07) is 3.56. The summed E-state index contributed by atoms with van der Waals surface area (Å²) >= 11 is 0. The van der Waals surface area contributed by atoms with E-state index >= 15 is 0 Å². The summed E-state index contributed by atoms with van der Waals surface area (Å²) in [5.41, 5.74) is 0.715. The average molecular weight is 332 g/mol. The maximum absolute atomic E-state index is 13.9. The van der Waals surface area contributed by atoms with Crippen LogP contribution < -0.4 is 0 Å². The van der Waals surface area contributed by atoms with Crippen LogP contribution in [-0.2, 0) is 19.4 Å². The zero-order valence-electron chi connectivity index (χ0n) is 13.9. The smallest absolute Gasteiger partial charge is 0.257 e. The molecule has 1 aliphatic heterocycles. The topological polar surface area (TPSA) is 66.6 Å². The zero-order valence-corrected chi connectivity index (χ0v) is 13.9. The quantitative estimate of drug-likeness (QED) is 0.933. The van der Waals surface area contributed by atoms with E-state index in [1.165, 1.54) is 12.1 Å². The number of hydrogen-bond acceptors (Lipinski definition) is 4. The predicted molar refractivity (Wildman–Crippen MR) is 86.2 cm³/mol. The van der Waals surface area contributed by atoms with Crippen molar-refractivity contribution in [3.8, 4) is 5.75 Å². The number of benzene rings is 1. The molecule has 2 heterocycles. The highest BCUT2D eigenvalue weighted by Gasteiger charge is 2.27. The molecule has 3 rings (SSSR count). The maximum atomic E-state index is 13.9. The third-order valence-electron chi connectivity index (χ3n) is 4.18. The first kappa shape index (κ1) is 16.5. The molecule has 0 atom stereocenters. The third kappa shape index (κ3) is 3.42. The molecule has 0 unspecified atom stereocenters. The number of nitrogens with zero attached hydrogens (tertiary/aromatic N) is 2. The zero-order chi connectivity index (χ0) is 17.3. The summed E-state index contributed by atoms with van der Waals surface area (Å²) in [6.07, 6.45) is 2.36. The molecule has 1 aromatic carbocycles. The van der Waals surface area contributed by atoms with Gasteiger partial charge in [0.15, 0.2) is 5.89 Å². The van der Waals surface area contributed by atoms with E-state index in [0.29, 0.717) is 31.3 Å². The molecule has 0 fully saturated rings. The van der Waals surface area contributed by atoms with Gasteiger partial charge in [-0.15, -0.1) is 0 Å². The van der Waals surface area contributed by atoms with Crippen LogP contribution in [0, 0.1) is 11.7 Å². The summed E-state index contributed by atoms with van der Waals surface area (Å²) in [7, 11) is 0. The molecular formula is C18H21FN2O3. The van der Waals surface area contributed by atoms with Gasteiger partial charge in [-0.25, -0.2) is 9.37 Å². The van der Waals surface area contributed by atoms with E-state index in [9.17, 15) is 14.3 Å². The summed E-state index contributed by atoms with van der Waals surface area (Å²) in [5, 5.41) is 9.26. The molecule has 1 N–H and O–H groups in total. The molecule has 2 aromatic rings. The Morgan fingerprint density at radius 3 is 2.96 bits per heavy atom. The van der Waals surface area contributed by atoms with E-state index in [0.717, 1.165) is 30.4 Å². The number of rotatable bonds is 4. The first-order valence-electron chi connectivity index (χ1n) is 8.19. The van der Waals surface area contributed by atoms with E-state index in [1.807, 2.05) is 0 Å². The Morgan fingerprint density at radius 2 is 2.25 bits per heavy atom. The third-order valence-corrected chi connectivity index (χ3v) is 4.18. The van der Waals surface area contributed by atoms with Crippen LogP contribution in [0.25, 0.3) is 0 Å². The highest BCUT2D eigenvalue weighted by molar-refractivity contribution is 5.94. The largest absolute Gasteiger partial charge is 0.508 e. The monoisotopic (exact) mass is 332 g/mol. The number of halogens is 1. The summed E-state index contributed by atoms with van der Waals surface area (Å²) in [4.78, 5) is 18.6. The molecule has 1 aliphatic rings. The van der Waals surface area contributed by atoms with Crippen molar-refractivity contribution >= 4 is 5.91 Å². The predicted octanol–water partition coefficient (Wildman–Crippen LogP) is 3.31. The number of carbonyl (C=O) groups is 1. The fraction of sp³-hybridized carbons (Fsp3) is 0.444. The van der Waals surface area contributed by atoms with Crippen LogP contribution in [0.5, 0.6) is 5.75 Å². The lowest BCUT2D eigenvalue weighted by Crippen LogP contribution is -2.36. The van der Waals surface area contributed by atoms with Crippen LogP contribution in [0.2, 0.25) is 0 Å². The van der Waals surface area contributed by atoms with Gasteiger partial charge >= 0.3 is 0 Å². The van der Waals surface area contributed by atoms with Crippen LogP contribution in [0.3, 0.4) is 0 Å². The molecule has 0 saturated carbocycles. The van der Waals surface area contributed by atoms with Crippen LogP contribution >= 0.6 is 0 Å². The Bertz CT molecular complexity index is 755. The van der Waals surface area contributed by atoms with Crippen LogP contribution in [0.4, 0.5) is 4.39 Å². The van der Waals surface area contributed by atoms with Crippen LogP contribution in [-0.4, -0.2) is 27.4 Å². The Labute approximate surface area is 140 Å². The van der Waals surface area contributed by atoms with Gasteiger partial charge in [0.25, 0.3) is 5.91 Å². The van der Waals surface area contributed by atoms with Gasteiger partial charge in [-0.1, -0.05) is 13.8 Å². The molecule has 0 radical (unpaired) electrons. The molecule has 128 valence electrons. The molecule has 0 saturated heterocycles. The van der Waals surface area contributed by atoms with Gasteiger partial charge in [0.1, 0.15) is 23.0 Å². The lowest BCUT2D eigenvalue weighted by molar-refractivity contribution is 0.0723. The van der Waals surface area contributed by atoms with Crippen LogP contribution in [0.1, 0.15) is 48.0 Å². The number of amides is 1. The van der Waals surface area contributed by atoms with Gasteiger partial charge in [-0.2, -0.15) is 0 Å². The fourth-order valence-electron chi connectivity index (χ4n) is 2.79. The van der Waals surface area contributed by atoms with Gasteiger partial charge in [-0.3, -0.25) is 4.79 Å². The number of aromatic hydroxyl groups is 1. The summed E-state index contributed by atoms with van der Waals surface area (Å²) < 4.78 is 19.7. The number of phenolic OH excluding ortho intramolecular Hbond substituents is 1. The first-order chi connectivity index (χ1) is 11.4. The molecule has 1 aromatic heterocycles. The van der Waals surface area contributed by atoms with Crippen molar-refractivity contribution in [1.82, 2.24) is 9.88 Å². The van der Waals surface area contributed by atoms with E-state index in [-0.39, 0.29) is 11.3 Å². The van der Waals surface area contributed by atoms with Crippen molar-refractivity contribution in [3.05, 3.63) is 46.9 Å². The number of phenols is 1. The Balaban J connectivity index is 1.73. The van der Waals surface area contributed by atoms with E-state index in [2.05, 4.69) is 18.8 Å². The maximum Gasteiger partial charge on any atom is 0.257 e. The fourth-order valence-corrected chi connectivity index (χ4v) is 2.79. The van der Waals surface area contributed by atoms with Crippen molar-refractivity contribution in [2.24, 2.45) is 5.92 Å². The number of aryl methyl sites for hydroxylation is 1. The van der Waals surface area contributed by atoms with Gasteiger partial charge in [-0.05, 0) is 24.5 Å². The van der Waals surface area contributed by atoms with Crippen molar-refractivity contribution in [1.29, 1.82) is 0 Å². The minimum absolute atomic E-state index is 0.0419. The average Bonchev–Trinajstić information content (AvgIpc) is 2.94. The van der Waals surface area contributed by atoms with E-state index in [4.69, 9.17) is 4.42 Å². The summed E-state index contributed by atoms with van der Waals surface area (Å²) in [5.74, 6) is 0.789. The minimum Gasteiger partial charge on any atom is -0.508 e. The Kier molecular flexibility index (Phi) is 4.55. The molecule has 0 aliphatic carbocycles. The van der Waals surface area contributed by atoms with Crippen molar-refractivity contribution in [3.63, 3.8) is 0 Å². The van der Waals surface area contributed by atoms with Crippen molar-refractivity contribution in [2.75, 3.05) is 6.54 Å². The Hall–Kier alpha value is -2.37. The van der Waals surface area contributed by atoms with E-state index < -0.39 is 11.7 Å². The van der Waals surface area contributed by atoms with Crippen molar-refractivity contribution < 1.29 is 18.7 Å². The first-order valence-corrected chi connectivity index (χ1v) is 8.19. The molecule has 0 spiro atoms. The van der Waals surface area contributed by atoms with Crippen LogP contribution in [0.15, 0.2) is 22.6 Å². The highest BCUT2D eigenvalue weighted by atomic mass is 19.1. The van der Waals surface area contributed by atoms with Crippen molar-refractivity contribution in [2.45, 2.75) is 39.7 Å². The normalized spacial score (nSPS) is 14.1. The second-order valence-electron chi connectivity index (χ2n) is 6.55. The summed E-state index contributed by atoms with van der Waals surface area (Å²) in [6.45, 7) is 5.08. The highest BCUT2D eigenvalue weighted by Crippen LogP contribution is 2.24. The second kappa shape index (κ2) is 6.63. The van der Waals surface area contributed by atoms with Gasteiger partial charge < -0.3 is 14.4 Å². The number of carbonyl (C=O) groups excluding carboxylic acids is 1. The number of oxazole rings is 1. The van der Waals surface area contributed by atoms with Gasteiger partial charge in [0.2, 0.25) is 0 Å². The SMILES string of the molecule is CC(C)CCc1nc2c(o1)CCN(C(=O)c1ccc(O)cc1F)C2. The molecule has 1 amide bonds. The molecule has 6 heteroatoms. The Morgan fingerprint density at radius 1 is 1.46 bits per heavy atom.